The molecule has 1 aromatic heterocycles. The number of ether oxygens (including phenoxy) is 1. The van der Waals surface area contributed by atoms with Crippen molar-refractivity contribution < 1.29 is 4.74 Å². The Bertz CT molecular complexity index is 304. The van der Waals surface area contributed by atoms with Crippen molar-refractivity contribution in [2.45, 2.75) is 26.2 Å². The highest BCUT2D eigenvalue weighted by atomic mass is 16.5. The molecule has 1 aromatic rings. The lowest BCUT2D eigenvalue weighted by atomic mass is 9.97. The van der Waals surface area contributed by atoms with Crippen molar-refractivity contribution in [3.8, 4) is 5.88 Å². The Balaban J connectivity index is 1.69. The normalized spacial score (nSPS) is 20.7. The molecule has 0 spiro atoms. The van der Waals surface area contributed by atoms with Crippen LogP contribution in [0.1, 0.15) is 24.8 Å². The van der Waals surface area contributed by atoms with E-state index in [0.717, 1.165) is 31.4 Å². The molecule has 0 aliphatic carbocycles. The zero-order valence-electron chi connectivity index (χ0n) is 9.91. The Morgan fingerprint density at radius 1 is 1.50 bits per heavy atom. The summed E-state index contributed by atoms with van der Waals surface area (Å²) in [6.45, 7) is 5.13. The Kier molecular flexibility index (Phi) is 4.17. The van der Waals surface area contributed by atoms with Gasteiger partial charge < -0.3 is 10.1 Å². The molecule has 1 atom stereocenters. The number of hydrogen-bond donors (Lipinski definition) is 1. The van der Waals surface area contributed by atoms with Crippen LogP contribution in [0.2, 0.25) is 0 Å². The minimum Gasteiger partial charge on any atom is -0.478 e. The molecule has 88 valence electrons. The lowest BCUT2D eigenvalue weighted by Crippen LogP contribution is -2.30. The molecular weight excluding hydrogens is 200 g/mol. The van der Waals surface area contributed by atoms with E-state index >= 15 is 0 Å². The number of pyridine rings is 1. The van der Waals surface area contributed by atoms with Crippen LogP contribution in [-0.2, 0) is 0 Å². The molecule has 3 nitrogen and oxygen atoms in total. The minimum absolute atomic E-state index is 0.745. The van der Waals surface area contributed by atoms with Crippen molar-refractivity contribution in [3.63, 3.8) is 0 Å². The third kappa shape index (κ3) is 3.49. The predicted octanol–water partition coefficient (Wildman–Crippen LogP) is 2.16. The number of aryl methyl sites for hydroxylation is 1. The molecule has 0 amide bonds. The van der Waals surface area contributed by atoms with E-state index in [1.165, 1.54) is 24.9 Å². The van der Waals surface area contributed by atoms with Gasteiger partial charge in [0.05, 0.1) is 6.61 Å². The number of piperidine rings is 1. The van der Waals surface area contributed by atoms with Gasteiger partial charge in [0.15, 0.2) is 0 Å². The van der Waals surface area contributed by atoms with E-state index in [4.69, 9.17) is 4.74 Å². The largest absolute Gasteiger partial charge is 0.478 e. The molecule has 16 heavy (non-hydrogen) atoms. The Morgan fingerprint density at radius 2 is 2.44 bits per heavy atom. The number of nitrogens with one attached hydrogen (secondary N) is 1. The monoisotopic (exact) mass is 220 g/mol. The van der Waals surface area contributed by atoms with E-state index in [-0.39, 0.29) is 0 Å². The molecule has 0 saturated carbocycles. The number of aromatic nitrogens is 1. The van der Waals surface area contributed by atoms with Crippen LogP contribution in [0.3, 0.4) is 0 Å². The van der Waals surface area contributed by atoms with E-state index in [2.05, 4.69) is 10.3 Å². The highest BCUT2D eigenvalue weighted by molar-refractivity contribution is 5.16. The van der Waals surface area contributed by atoms with E-state index in [9.17, 15) is 0 Å². The maximum Gasteiger partial charge on any atom is 0.213 e. The zero-order valence-corrected chi connectivity index (χ0v) is 9.91. The predicted molar refractivity (Wildman–Crippen MR) is 64.7 cm³/mol. The molecular formula is C13H20N2O. The van der Waals surface area contributed by atoms with Gasteiger partial charge in [-0.25, -0.2) is 4.98 Å². The van der Waals surface area contributed by atoms with Crippen molar-refractivity contribution in [1.82, 2.24) is 10.3 Å². The molecule has 1 unspecified atom stereocenters. The van der Waals surface area contributed by atoms with Gasteiger partial charge in [-0.1, -0.05) is 6.07 Å². The summed E-state index contributed by atoms with van der Waals surface area (Å²) in [5.74, 6) is 1.52. The maximum atomic E-state index is 5.62. The van der Waals surface area contributed by atoms with Crippen molar-refractivity contribution in [1.29, 1.82) is 0 Å². The second-order valence-electron chi connectivity index (χ2n) is 4.52. The summed E-state index contributed by atoms with van der Waals surface area (Å²) in [5.41, 5.74) is 1.17. The first-order valence-electron chi connectivity index (χ1n) is 6.11. The fraction of sp³-hybridized carbons (Fsp3) is 0.615. The first kappa shape index (κ1) is 11.4. The van der Waals surface area contributed by atoms with E-state index < -0.39 is 0 Å². The summed E-state index contributed by atoms with van der Waals surface area (Å²) in [5, 5.41) is 3.42. The molecule has 0 aromatic carbocycles. The molecule has 0 radical (unpaired) electrons. The van der Waals surface area contributed by atoms with Gasteiger partial charge in [-0.2, -0.15) is 0 Å². The summed E-state index contributed by atoms with van der Waals surface area (Å²) in [6.07, 6.45) is 5.60. The number of nitrogens with zero attached hydrogens (tertiary/aromatic N) is 1. The van der Waals surface area contributed by atoms with Gasteiger partial charge in [-0.05, 0) is 50.8 Å². The summed E-state index contributed by atoms with van der Waals surface area (Å²) in [4.78, 5) is 4.22. The Morgan fingerprint density at radius 3 is 3.12 bits per heavy atom. The van der Waals surface area contributed by atoms with Crippen LogP contribution >= 0.6 is 0 Å². The minimum atomic E-state index is 0.745. The summed E-state index contributed by atoms with van der Waals surface area (Å²) in [6, 6.07) is 3.97. The quantitative estimate of drug-likeness (QED) is 0.844. The third-order valence-corrected chi connectivity index (χ3v) is 3.06. The molecule has 1 aliphatic rings. The first-order valence-corrected chi connectivity index (χ1v) is 6.11. The molecule has 2 rings (SSSR count). The van der Waals surface area contributed by atoms with E-state index in [1.54, 1.807) is 0 Å². The highest BCUT2D eigenvalue weighted by Crippen LogP contribution is 2.15. The second-order valence-corrected chi connectivity index (χ2v) is 4.52. The maximum absolute atomic E-state index is 5.62. The molecule has 1 aliphatic heterocycles. The van der Waals surface area contributed by atoms with Gasteiger partial charge >= 0.3 is 0 Å². The van der Waals surface area contributed by atoms with Gasteiger partial charge in [-0.15, -0.1) is 0 Å². The van der Waals surface area contributed by atoms with E-state index in [0.29, 0.717) is 0 Å². The van der Waals surface area contributed by atoms with Gasteiger partial charge in [0.25, 0.3) is 0 Å². The summed E-state index contributed by atoms with van der Waals surface area (Å²) in [7, 11) is 0. The average molecular weight is 220 g/mol. The van der Waals surface area contributed by atoms with Crippen LogP contribution in [0.5, 0.6) is 5.88 Å². The van der Waals surface area contributed by atoms with Gasteiger partial charge in [0.2, 0.25) is 5.88 Å². The van der Waals surface area contributed by atoms with Crippen LogP contribution in [0, 0.1) is 12.8 Å². The summed E-state index contributed by atoms with van der Waals surface area (Å²) < 4.78 is 5.62. The van der Waals surface area contributed by atoms with Crippen LogP contribution in [-0.4, -0.2) is 24.7 Å². The zero-order chi connectivity index (χ0) is 11.2. The van der Waals surface area contributed by atoms with Crippen molar-refractivity contribution >= 4 is 0 Å². The first-order chi connectivity index (χ1) is 7.84. The van der Waals surface area contributed by atoms with Crippen LogP contribution in [0.4, 0.5) is 0 Å². The Hall–Kier alpha value is -1.09. The van der Waals surface area contributed by atoms with Crippen LogP contribution in [0.25, 0.3) is 0 Å². The fourth-order valence-corrected chi connectivity index (χ4v) is 2.04. The molecule has 0 bridgehead atoms. The standard InChI is InChI=1S/C13H20N2O/c1-11-4-5-13(15-9-11)16-8-6-12-3-2-7-14-10-12/h4-5,9,12,14H,2-3,6-8,10H2,1H3. The molecule has 1 N–H and O–H groups in total. The summed E-state index contributed by atoms with van der Waals surface area (Å²) >= 11 is 0. The third-order valence-electron chi connectivity index (χ3n) is 3.06. The van der Waals surface area contributed by atoms with Gasteiger partial charge in [0, 0.05) is 12.3 Å². The molecule has 2 heterocycles. The lowest BCUT2D eigenvalue weighted by Gasteiger charge is -2.22. The Labute approximate surface area is 97.2 Å². The van der Waals surface area contributed by atoms with Crippen LogP contribution < -0.4 is 10.1 Å². The van der Waals surface area contributed by atoms with Gasteiger partial charge in [0.1, 0.15) is 0 Å². The number of rotatable bonds is 4. The second kappa shape index (κ2) is 5.85. The van der Waals surface area contributed by atoms with Crippen LogP contribution in [0.15, 0.2) is 18.3 Å². The smallest absolute Gasteiger partial charge is 0.213 e. The van der Waals surface area contributed by atoms with Crippen molar-refractivity contribution in [2.24, 2.45) is 5.92 Å². The van der Waals surface area contributed by atoms with E-state index in [1.807, 2.05) is 25.3 Å². The number of hydrogen-bond acceptors (Lipinski definition) is 3. The van der Waals surface area contributed by atoms with Crippen molar-refractivity contribution in [2.75, 3.05) is 19.7 Å². The topological polar surface area (TPSA) is 34.1 Å². The molecule has 1 fully saturated rings. The van der Waals surface area contributed by atoms with Crippen molar-refractivity contribution in [3.05, 3.63) is 23.9 Å². The van der Waals surface area contributed by atoms with Gasteiger partial charge in [-0.3, -0.25) is 0 Å². The average Bonchev–Trinajstić information content (AvgIpc) is 2.33. The molecule has 1 saturated heterocycles. The highest BCUT2D eigenvalue weighted by Gasteiger charge is 2.12. The fourth-order valence-electron chi connectivity index (χ4n) is 2.04. The SMILES string of the molecule is Cc1ccc(OCCC2CCCNC2)nc1. The molecule has 3 heteroatoms. The lowest BCUT2D eigenvalue weighted by molar-refractivity contribution is 0.247.